The van der Waals surface area contributed by atoms with Crippen LogP contribution in [-0.2, 0) is 0 Å². The molecule has 2 aromatic heterocycles. The van der Waals surface area contributed by atoms with Gasteiger partial charge in [0.05, 0.1) is 24.1 Å². The fourth-order valence-corrected chi connectivity index (χ4v) is 4.56. The number of pyridine rings is 1. The van der Waals surface area contributed by atoms with Gasteiger partial charge >= 0.3 is 0 Å². The first-order valence-corrected chi connectivity index (χ1v) is 12.8. The number of nitrogens with one attached hydrogen (secondary N) is 2. The Kier molecular flexibility index (Phi) is 8.51. The zero-order valence-corrected chi connectivity index (χ0v) is 23.3. The Bertz CT molecular complexity index is 1510. The van der Waals surface area contributed by atoms with E-state index in [0.29, 0.717) is 23.2 Å². The van der Waals surface area contributed by atoms with Gasteiger partial charge in [0.2, 0.25) is 0 Å². The highest BCUT2D eigenvalue weighted by Crippen LogP contribution is 2.40. The van der Waals surface area contributed by atoms with E-state index in [9.17, 15) is 5.21 Å². The van der Waals surface area contributed by atoms with E-state index in [1.54, 1.807) is 24.2 Å². The van der Waals surface area contributed by atoms with Crippen molar-refractivity contribution in [3.63, 3.8) is 0 Å². The van der Waals surface area contributed by atoms with Crippen molar-refractivity contribution in [2.75, 3.05) is 12.5 Å². The highest BCUT2D eigenvalue weighted by atomic mass is 32.1. The molecule has 4 rings (SSSR count). The molecule has 0 bridgehead atoms. The lowest BCUT2D eigenvalue weighted by Gasteiger charge is -2.29. The number of nitrogens with zero attached hydrogens (tertiary/aromatic N) is 4. The SMILES string of the molecule is C/C=C1/C(F)=C(c2c(F)ccc(N[N+](O)(S)c3cc(P)cnc3OC)c2F)C=CN1/C(=C/CC)c1ncc[nH]1. The summed E-state index contributed by atoms with van der Waals surface area (Å²) in [6.07, 6.45) is 11.5. The normalized spacial score (nSPS) is 16.6. The smallest absolute Gasteiger partial charge is 0.283 e. The molecule has 2 unspecified atom stereocenters. The van der Waals surface area contributed by atoms with E-state index in [2.05, 4.69) is 42.4 Å². The quantitative estimate of drug-likeness (QED) is 0.114. The topological polar surface area (TPSA) is 86.3 Å². The van der Waals surface area contributed by atoms with Crippen molar-refractivity contribution in [3.8, 4) is 5.88 Å². The molecule has 2 atom stereocenters. The highest BCUT2D eigenvalue weighted by molar-refractivity contribution is 7.79. The van der Waals surface area contributed by atoms with Crippen molar-refractivity contribution in [1.29, 1.82) is 0 Å². The fourth-order valence-electron chi connectivity index (χ4n) is 4.07. The van der Waals surface area contributed by atoms with E-state index < -0.39 is 27.2 Å². The second-order valence-corrected chi connectivity index (χ2v) is 9.56. The molecule has 3 heterocycles. The van der Waals surface area contributed by atoms with Crippen molar-refractivity contribution in [2.24, 2.45) is 0 Å². The summed E-state index contributed by atoms with van der Waals surface area (Å²) in [6.45, 7) is 3.55. The van der Waals surface area contributed by atoms with Crippen LogP contribution in [0.4, 0.5) is 24.5 Å². The van der Waals surface area contributed by atoms with Crippen LogP contribution in [0.15, 0.2) is 72.7 Å². The van der Waals surface area contributed by atoms with Crippen LogP contribution in [0.1, 0.15) is 31.7 Å². The number of thiol groups is 1. The summed E-state index contributed by atoms with van der Waals surface area (Å²) in [5.74, 6) is -2.45. The number of allylic oxidation sites excluding steroid dienone is 5. The number of halogens is 3. The van der Waals surface area contributed by atoms with Crippen LogP contribution in [0.3, 0.4) is 0 Å². The van der Waals surface area contributed by atoms with E-state index in [1.807, 2.05) is 13.0 Å². The lowest BCUT2D eigenvalue weighted by Crippen LogP contribution is -2.42. The van der Waals surface area contributed by atoms with Gasteiger partial charge in [-0.15, -0.1) is 9.24 Å². The number of ether oxygens (including phenoxy) is 1. The van der Waals surface area contributed by atoms with Gasteiger partial charge in [0.25, 0.3) is 11.6 Å². The van der Waals surface area contributed by atoms with Gasteiger partial charge in [-0.2, -0.15) is 10.6 Å². The van der Waals surface area contributed by atoms with Gasteiger partial charge < -0.3 is 14.6 Å². The Morgan fingerprint density at radius 3 is 2.72 bits per heavy atom. The van der Waals surface area contributed by atoms with E-state index in [4.69, 9.17) is 4.74 Å². The molecule has 3 N–H and O–H groups in total. The first kappa shape index (κ1) is 28.4. The number of H-pyrrole nitrogens is 1. The van der Waals surface area contributed by atoms with Gasteiger partial charge in [0.1, 0.15) is 24.3 Å². The van der Waals surface area contributed by atoms with Crippen molar-refractivity contribution >= 4 is 50.0 Å². The van der Waals surface area contributed by atoms with E-state index in [-0.39, 0.29) is 28.5 Å². The van der Waals surface area contributed by atoms with Crippen LogP contribution in [0.2, 0.25) is 0 Å². The summed E-state index contributed by atoms with van der Waals surface area (Å²) >= 11 is 4.18. The number of benzene rings is 1. The Morgan fingerprint density at radius 1 is 1.31 bits per heavy atom. The van der Waals surface area contributed by atoms with Crippen LogP contribution >= 0.6 is 22.1 Å². The van der Waals surface area contributed by atoms with Gasteiger partial charge in [-0.3, -0.25) is 0 Å². The molecule has 0 spiro atoms. The molecule has 0 radical (unpaired) electrons. The summed E-state index contributed by atoms with van der Waals surface area (Å²) in [6, 6.07) is 3.54. The largest absolute Gasteiger partial charge is 0.477 e. The van der Waals surface area contributed by atoms with E-state index in [1.165, 1.54) is 37.7 Å². The maximum absolute atomic E-state index is 15.9. The van der Waals surface area contributed by atoms with Crippen molar-refractivity contribution in [1.82, 2.24) is 24.0 Å². The van der Waals surface area contributed by atoms with E-state index in [0.717, 1.165) is 12.1 Å². The molecule has 39 heavy (non-hydrogen) atoms. The molecule has 0 amide bonds. The molecule has 13 heteroatoms. The molecule has 3 aromatic rings. The van der Waals surface area contributed by atoms with Crippen LogP contribution in [0, 0.1) is 11.6 Å². The number of imidazole rings is 1. The second kappa shape index (κ2) is 11.7. The molecule has 0 saturated heterocycles. The number of aromatic nitrogens is 3. The summed E-state index contributed by atoms with van der Waals surface area (Å²) in [4.78, 5) is 12.9. The summed E-state index contributed by atoms with van der Waals surface area (Å²) < 4.78 is 50.6. The average molecular weight is 576 g/mol. The monoisotopic (exact) mass is 575 g/mol. The minimum absolute atomic E-state index is 0.0169. The molecule has 0 fully saturated rings. The maximum Gasteiger partial charge on any atom is 0.283 e. The third-order valence-electron chi connectivity index (χ3n) is 5.80. The van der Waals surface area contributed by atoms with Gasteiger partial charge in [-0.1, -0.05) is 19.1 Å². The average Bonchev–Trinajstić information content (AvgIpc) is 3.44. The minimum atomic E-state index is -1.39. The van der Waals surface area contributed by atoms with Crippen molar-refractivity contribution < 1.29 is 23.1 Å². The van der Waals surface area contributed by atoms with Crippen LogP contribution in [0.25, 0.3) is 11.3 Å². The number of quaternary nitrogens is 1. The number of aromatic amines is 1. The van der Waals surface area contributed by atoms with E-state index >= 15 is 13.2 Å². The first-order valence-electron chi connectivity index (χ1n) is 11.8. The number of methoxy groups -OCH3 is 1. The molecular weight excluding hydrogens is 548 g/mol. The van der Waals surface area contributed by atoms with Crippen molar-refractivity contribution in [3.05, 3.63) is 95.8 Å². The molecule has 204 valence electrons. The van der Waals surface area contributed by atoms with Crippen LogP contribution in [-0.4, -0.2) is 32.2 Å². The predicted molar refractivity (Wildman–Crippen MR) is 152 cm³/mol. The summed E-state index contributed by atoms with van der Waals surface area (Å²) in [5, 5.41) is 11.6. The highest BCUT2D eigenvalue weighted by Gasteiger charge is 2.34. The molecular formula is C26H27F3N6O2PS+. The second-order valence-electron chi connectivity index (χ2n) is 8.32. The third-order valence-corrected chi connectivity index (χ3v) is 6.43. The third kappa shape index (κ3) is 5.60. The van der Waals surface area contributed by atoms with Crippen LogP contribution < -0.4 is 19.6 Å². The molecule has 1 aliphatic heterocycles. The molecule has 8 nitrogen and oxygen atoms in total. The predicted octanol–water partition coefficient (Wildman–Crippen LogP) is 6.03. The maximum atomic E-state index is 15.9. The number of anilines is 1. The van der Waals surface area contributed by atoms with Gasteiger partial charge in [0, 0.05) is 40.6 Å². The molecule has 1 aromatic carbocycles. The standard InChI is InChI=1S/C26H27F3N6O2PS/c1-4-6-20(25-30-10-11-31-25)34-12-9-16(23(28)19(34)5-2)22-17(27)7-8-18(24(22)29)33-35(36,39)21-13-15(38)14-32-26(21)37-3/h5-14,33,36,39H,4,38H2,1-3H3,(H,30,31)/q+1/b19-5-,20-6+. The number of rotatable bonds is 8. The van der Waals surface area contributed by atoms with Crippen LogP contribution in [0.5, 0.6) is 5.88 Å². The van der Waals surface area contributed by atoms with Crippen molar-refractivity contribution in [2.45, 2.75) is 20.3 Å². The summed E-state index contributed by atoms with van der Waals surface area (Å²) in [5.41, 5.74) is 1.89. The van der Waals surface area contributed by atoms with Gasteiger partial charge in [-0.25, -0.2) is 23.1 Å². The first-order chi connectivity index (χ1) is 18.6. The Labute approximate surface area is 231 Å². The lowest BCUT2D eigenvalue weighted by atomic mass is 9.98. The van der Waals surface area contributed by atoms with Gasteiger partial charge in [0.15, 0.2) is 17.5 Å². The Balaban J connectivity index is 1.76. The van der Waals surface area contributed by atoms with Gasteiger partial charge in [-0.05, 0) is 36.9 Å². The molecule has 1 aliphatic rings. The molecule has 0 aliphatic carbocycles. The molecule has 0 saturated carbocycles. The Morgan fingerprint density at radius 2 is 2.08 bits per heavy atom. The zero-order chi connectivity index (χ0) is 28.3. The number of hydrogen-bond donors (Lipinski definition) is 4. The zero-order valence-electron chi connectivity index (χ0n) is 21.3. The summed E-state index contributed by atoms with van der Waals surface area (Å²) in [7, 11) is 3.75. The number of hydrogen-bond acceptors (Lipinski definition) is 7. The fraction of sp³-hybridized carbons (Fsp3) is 0.154. The lowest BCUT2D eigenvalue weighted by molar-refractivity contribution is 0.0497. The Hall–Kier alpha value is -3.57. The minimum Gasteiger partial charge on any atom is -0.477 e.